The van der Waals surface area contributed by atoms with E-state index in [0.29, 0.717) is 0 Å². The normalized spacial score (nSPS) is 9.44. The van der Waals surface area contributed by atoms with Crippen molar-refractivity contribution in [1.82, 2.24) is 0 Å². The first-order valence-corrected chi connectivity index (χ1v) is 8.76. The molecule has 0 aliphatic carbocycles. The predicted molar refractivity (Wildman–Crippen MR) is 32.4 cm³/mol. The van der Waals surface area contributed by atoms with Gasteiger partial charge in [0.1, 0.15) is 0 Å². The van der Waals surface area contributed by atoms with Crippen molar-refractivity contribution in [1.29, 1.82) is 0 Å². The van der Waals surface area contributed by atoms with Crippen molar-refractivity contribution >= 4 is 31.3 Å². The van der Waals surface area contributed by atoms with Gasteiger partial charge in [0.05, 0.1) is 0 Å². The maximum Gasteiger partial charge on any atom is 4.00 e. The zero-order valence-electron chi connectivity index (χ0n) is 11.3. The van der Waals surface area contributed by atoms with E-state index in [4.69, 9.17) is 77.0 Å². The molecular formula is HNaO17P4Zr3. The summed E-state index contributed by atoms with van der Waals surface area (Å²) in [5.74, 6) is 0. The Bertz CT molecular complexity index is 299. The maximum atomic E-state index is 8.55. The van der Waals surface area contributed by atoms with Crippen LogP contribution in [0.2, 0.25) is 0 Å². The van der Waals surface area contributed by atoms with Crippen LogP contribution in [0.4, 0.5) is 0 Å². The molecular weight excluding hydrogens is 693 g/mol. The molecule has 0 aliphatic heterocycles. The molecule has 0 spiro atoms. The van der Waals surface area contributed by atoms with Gasteiger partial charge in [-0.25, -0.2) is 0 Å². The first-order valence-electron chi connectivity index (χ1n) is 2.92. The molecule has 0 amide bonds. The van der Waals surface area contributed by atoms with Crippen molar-refractivity contribution in [2.45, 2.75) is 0 Å². The Morgan fingerprint density at radius 3 is 0.360 bits per heavy atom. The summed E-state index contributed by atoms with van der Waals surface area (Å²) in [6, 6.07) is 0. The number of phosphoric acid groups is 4. The van der Waals surface area contributed by atoms with E-state index in [1.807, 2.05) is 0 Å². The van der Waals surface area contributed by atoms with Crippen LogP contribution in [-0.4, -0.2) is 5.48 Å². The molecule has 0 heterocycles. The van der Waals surface area contributed by atoms with Gasteiger partial charge in [0.15, 0.2) is 0 Å². The zero-order valence-corrected chi connectivity index (χ0v) is 24.2. The molecule has 0 aliphatic rings. The smallest absolute Gasteiger partial charge is 0.870 e. The quantitative estimate of drug-likeness (QED) is 0.168. The van der Waals surface area contributed by atoms with Crippen LogP contribution in [0, 0.1) is 0 Å². The molecule has 136 valence electrons. The Hall–Kier alpha value is 4.05. The molecule has 0 fully saturated rings. The summed E-state index contributed by atoms with van der Waals surface area (Å²) in [6.07, 6.45) is 0. The second kappa shape index (κ2) is 26.1. The van der Waals surface area contributed by atoms with Crippen LogP contribution in [0.1, 0.15) is 0 Å². The summed E-state index contributed by atoms with van der Waals surface area (Å²) < 4.78 is 34.2. The van der Waals surface area contributed by atoms with Gasteiger partial charge in [-0.2, -0.15) is 31.3 Å². The van der Waals surface area contributed by atoms with Crippen LogP contribution < -0.4 is 88.3 Å². The van der Waals surface area contributed by atoms with Crippen molar-refractivity contribution in [2.75, 3.05) is 0 Å². The molecule has 0 aromatic carbocycles. The third-order valence-corrected chi connectivity index (χ3v) is 0. The van der Waals surface area contributed by atoms with Crippen molar-refractivity contribution in [3.05, 3.63) is 0 Å². The van der Waals surface area contributed by atoms with Crippen LogP contribution in [-0.2, 0) is 96.9 Å². The van der Waals surface area contributed by atoms with Crippen molar-refractivity contribution in [3.8, 4) is 0 Å². The number of hydrogen-bond donors (Lipinski definition) is 0. The van der Waals surface area contributed by atoms with Crippen LogP contribution in [0.25, 0.3) is 0 Å². The van der Waals surface area contributed by atoms with Gasteiger partial charge in [0.25, 0.3) is 0 Å². The number of rotatable bonds is 0. The molecule has 0 bridgehead atoms. The van der Waals surface area contributed by atoms with Gasteiger partial charge in [-0.15, -0.1) is 0 Å². The van der Waals surface area contributed by atoms with Gasteiger partial charge in [-0.05, 0) is 0 Å². The van der Waals surface area contributed by atoms with E-state index in [9.17, 15) is 0 Å². The van der Waals surface area contributed by atoms with E-state index < -0.39 is 31.3 Å². The average molecular weight is 694 g/mol. The predicted octanol–water partition coefficient (Wildman–Crippen LogP) is -14.5. The summed E-state index contributed by atoms with van der Waals surface area (Å²) in [4.78, 5) is 103. The van der Waals surface area contributed by atoms with Gasteiger partial charge in [-0.1, -0.05) is 0 Å². The molecule has 17 nitrogen and oxygen atoms in total. The van der Waals surface area contributed by atoms with E-state index >= 15 is 0 Å². The van der Waals surface area contributed by atoms with Crippen LogP contribution in [0.5, 0.6) is 0 Å². The first-order chi connectivity index (χ1) is 8.00. The Balaban J connectivity index is -0.0000000183. The van der Waals surface area contributed by atoms with Gasteiger partial charge < -0.3 is 82.5 Å². The molecule has 25 heteroatoms. The molecule has 0 saturated heterocycles. The minimum Gasteiger partial charge on any atom is -0.870 e. The summed E-state index contributed by atoms with van der Waals surface area (Å²) in [5, 5.41) is 0. The van der Waals surface area contributed by atoms with Crippen LogP contribution in [0.15, 0.2) is 0 Å². The average Bonchev–Trinajstić information content (AvgIpc) is 1.62. The van der Waals surface area contributed by atoms with E-state index in [1.54, 1.807) is 0 Å². The summed E-state index contributed by atoms with van der Waals surface area (Å²) in [7, 11) is -21.6. The monoisotopic (exact) mass is 690 g/mol. The maximum absolute atomic E-state index is 8.55. The topological polar surface area (TPSA) is 375 Å². The van der Waals surface area contributed by atoms with Gasteiger partial charge in [-0.3, -0.25) is 0 Å². The van der Waals surface area contributed by atoms with Gasteiger partial charge in [0.2, 0.25) is 0 Å². The second-order valence-electron chi connectivity index (χ2n) is 1.79. The fourth-order valence-electron chi connectivity index (χ4n) is 0. The van der Waals surface area contributed by atoms with Crippen molar-refractivity contribution < 1.29 is 191 Å². The molecule has 0 unspecified atom stereocenters. The third-order valence-electron chi connectivity index (χ3n) is 0. The minimum absolute atomic E-state index is 0. The van der Waals surface area contributed by atoms with Crippen molar-refractivity contribution in [2.24, 2.45) is 0 Å². The van der Waals surface area contributed by atoms with Crippen LogP contribution >= 0.6 is 31.3 Å². The molecule has 1 N–H and O–H groups in total. The Morgan fingerprint density at radius 1 is 0.360 bits per heavy atom. The van der Waals surface area contributed by atoms with Gasteiger partial charge in [0, 0.05) is 0 Å². The summed E-state index contributed by atoms with van der Waals surface area (Å²) in [5.41, 5.74) is 0. The fraction of sp³-hybridized carbons (Fsp3) is 0. The molecule has 0 radical (unpaired) electrons. The summed E-state index contributed by atoms with van der Waals surface area (Å²) in [6.45, 7) is 0. The van der Waals surface area contributed by atoms with Gasteiger partial charge >= 0.3 is 108 Å². The van der Waals surface area contributed by atoms with E-state index in [2.05, 4.69) is 0 Å². The fourth-order valence-corrected chi connectivity index (χ4v) is 0. The Labute approximate surface area is 219 Å². The molecule has 0 aromatic rings. The molecule has 25 heavy (non-hydrogen) atoms. The molecule has 0 saturated carbocycles. The molecule has 0 aromatic heterocycles. The van der Waals surface area contributed by atoms with E-state index in [0.717, 1.165) is 0 Å². The SMILES string of the molecule is O=P([O-])([O-])[O-].O=P([O-])([O-])[O-].O=P([O-])([O-])[O-].O=P([O-])([O-])[O-].[Na+].[OH-].[Zr+4].[Zr+4].[Zr+4]. The Kier molecular flexibility index (Phi) is 59.3. The standard InChI is InChI=1S/Na.4H3O4P.H2O.3Zr/c;4*1-5(2,3)4;;;;/h;4*(H3,1,2,3,4);1H2;;;/q+1;;;;;;3*+4/p-13. The van der Waals surface area contributed by atoms with Crippen LogP contribution in [0.3, 0.4) is 0 Å². The zero-order chi connectivity index (χ0) is 18.0. The van der Waals surface area contributed by atoms with E-state index in [-0.39, 0.29) is 114 Å². The van der Waals surface area contributed by atoms with Crippen molar-refractivity contribution in [3.63, 3.8) is 0 Å². The second-order valence-corrected chi connectivity index (χ2v) is 5.37. The minimum atomic E-state index is -5.39. The largest absolute Gasteiger partial charge is 4.00 e. The molecule has 0 rings (SSSR count). The number of hydrogen-bond acceptors (Lipinski definition) is 17. The summed E-state index contributed by atoms with van der Waals surface area (Å²) >= 11 is 0. The first kappa shape index (κ1) is 56.9. The third kappa shape index (κ3) is 1160. The Morgan fingerprint density at radius 2 is 0.360 bits per heavy atom. The van der Waals surface area contributed by atoms with E-state index in [1.165, 1.54) is 0 Å². The molecule has 0 atom stereocenters.